The van der Waals surface area contributed by atoms with E-state index in [0.717, 1.165) is 32.1 Å². The fourth-order valence-electron chi connectivity index (χ4n) is 4.16. The molecule has 0 aromatic rings. The molecule has 0 aromatic heterocycles. The highest BCUT2D eigenvalue weighted by Crippen LogP contribution is 2.62. The lowest BCUT2D eigenvalue weighted by molar-refractivity contribution is -0.176. The van der Waals surface area contributed by atoms with Gasteiger partial charge in [0.2, 0.25) is 0 Å². The molecule has 1 aliphatic heterocycles. The molecule has 0 bridgehead atoms. The quantitative estimate of drug-likeness (QED) is 0.665. The van der Waals surface area contributed by atoms with Crippen molar-refractivity contribution in [3.05, 3.63) is 0 Å². The molecular weight excluding hydrogens is 230 g/mol. The van der Waals surface area contributed by atoms with Crippen LogP contribution in [0.1, 0.15) is 32.1 Å². The average Bonchev–Trinajstić information content (AvgIpc) is 2.71. The van der Waals surface area contributed by atoms with Crippen LogP contribution < -0.4 is 5.32 Å². The first-order valence-corrected chi connectivity index (χ1v) is 7.42. The number of ether oxygens (including phenoxy) is 2. The third-order valence-corrected chi connectivity index (χ3v) is 5.10. The van der Waals surface area contributed by atoms with Crippen LogP contribution in [0.3, 0.4) is 0 Å². The zero-order valence-corrected chi connectivity index (χ0v) is 11.1. The van der Waals surface area contributed by atoms with Crippen molar-refractivity contribution in [3.8, 4) is 0 Å². The van der Waals surface area contributed by atoms with E-state index in [-0.39, 0.29) is 6.61 Å². The molecule has 3 rings (SSSR count). The molecule has 0 amide bonds. The van der Waals surface area contributed by atoms with E-state index in [1.54, 1.807) is 0 Å². The van der Waals surface area contributed by atoms with Crippen molar-refractivity contribution in [2.75, 3.05) is 33.0 Å². The van der Waals surface area contributed by atoms with E-state index in [4.69, 9.17) is 14.6 Å². The Balaban J connectivity index is 1.39. The van der Waals surface area contributed by atoms with Crippen LogP contribution in [0.5, 0.6) is 0 Å². The standard InChI is InChI=1S/C14H25NO3/c16-7-10-17-8-2-6-15-12-11-3-9-18-13(11)14(12)4-1-5-14/h11-13,15-16H,1-10H2. The summed E-state index contributed by atoms with van der Waals surface area (Å²) in [4.78, 5) is 0. The van der Waals surface area contributed by atoms with Gasteiger partial charge in [-0.3, -0.25) is 0 Å². The van der Waals surface area contributed by atoms with Crippen molar-refractivity contribution in [2.45, 2.75) is 44.2 Å². The first-order chi connectivity index (χ1) is 8.88. The molecule has 1 heterocycles. The van der Waals surface area contributed by atoms with Crippen LogP contribution >= 0.6 is 0 Å². The fourth-order valence-corrected chi connectivity index (χ4v) is 4.16. The van der Waals surface area contributed by atoms with Crippen LogP contribution in [-0.2, 0) is 9.47 Å². The lowest BCUT2D eigenvalue weighted by atomic mass is 9.46. The summed E-state index contributed by atoms with van der Waals surface area (Å²) in [6, 6.07) is 0.691. The Kier molecular flexibility index (Phi) is 3.89. The van der Waals surface area contributed by atoms with E-state index in [2.05, 4.69) is 5.32 Å². The molecule has 3 unspecified atom stereocenters. The summed E-state index contributed by atoms with van der Waals surface area (Å²) in [6.07, 6.45) is 6.93. The number of aliphatic hydroxyl groups is 1. The predicted octanol–water partition coefficient (Wildman–Crippen LogP) is 0.933. The number of fused-ring (bicyclic) bond motifs is 2. The van der Waals surface area contributed by atoms with Crippen molar-refractivity contribution >= 4 is 0 Å². The van der Waals surface area contributed by atoms with Gasteiger partial charge >= 0.3 is 0 Å². The number of aliphatic hydroxyl groups excluding tert-OH is 1. The Morgan fingerprint density at radius 1 is 1.33 bits per heavy atom. The maximum Gasteiger partial charge on any atom is 0.0697 e. The van der Waals surface area contributed by atoms with Crippen LogP contribution in [0.2, 0.25) is 0 Å². The third kappa shape index (κ3) is 1.99. The minimum atomic E-state index is 0.125. The van der Waals surface area contributed by atoms with Gasteiger partial charge in [0, 0.05) is 30.6 Å². The molecule has 3 fully saturated rings. The highest BCUT2D eigenvalue weighted by atomic mass is 16.5. The lowest BCUT2D eigenvalue weighted by Crippen LogP contribution is -2.71. The summed E-state index contributed by atoms with van der Waals surface area (Å²) in [5.74, 6) is 0.767. The molecule has 0 radical (unpaired) electrons. The smallest absolute Gasteiger partial charge is 0.0697 e. The van der Waals surface area contributed by atoms with Gasteiger partial charge in [0.25, 0.3) is 0 Å². The van der Waals surface area contributed by atoms with Crippen molar-refractivity contribution in [1.82, 2.24) is 5.32 Å². The maximum atomic E-state index is 8.61. The number of nitrogens with one attached hydrogen (secondary N) is 1. The normalized spacial score (nSPS) is 36.2. The largest absolute Gasteiger partial charge is 0.394 e. The van der Waals surface area contributed by atoms with Gasteiger partial charge < -0.3 is 19.9 Å². The molecule has 3 aliphatic rings. The van der Waals surface area contributed by atoms with E-state index in [0.29, 0.717) is 24.2 Å². The van der Waals surface area contributed by atoms with E-state index in [9.17, 15) is 0 Å². The van der Waals surface area contributed by atoms with Crippen molar-refractivity contribution < 1.29 is 14.6 Å². The zero-order valence-electron chi connectivity index (χ0n) is 11.1. The Labute approximate surface area is 109 Å². The minimum absolute atomic E-state index is 0.125. The molecule has 104 valence electrons. The fraction of sp³-hybridized carbons (Fsp3) is 1.00. The second-order valence-corrected chi connectivity index (χ2v) is 5.95. The molecule has 4 heteroatoms. The van der Waals surface area contributed by atoms with Gasteiger partial charge in [0.05, 0.1) is 19.3 Å². The Bertz CT molecular complexity index is 280. The third-order valence-electron chi connectivity index (χ3n) is 5.10. The zero-order chi connectivity index (χ0) is 12.4. The monoisotopic (exact) mass is 255 g/mol. The van der Waals surface area contributed by atoms with Crippen LogP contribution in [-0.4, -0.2) is 50.2 Å². The van der Waals surface area contributed by atoms with E-state index < -0.39 is 0 Å². The molecule has 18 heavy (non-hydrogen) atoms. The highest BCUT2D eigenvalue weighted by molar-refractivity contribution is 5.18. The molecule has 1 saturated heterocycles. The van der Waals surface area contributed by atoms with Gasteiger partial charge in [-0.15, -0.1) is 0 Å². The Morgan fingerprint density at radius 2 is 2.22 bits per heavy atom. The predicted molar refractivity (Wildman–Crippen MR) is 68.4 cm³/mol. The number of hydrogen-bond donors (Lipinski definition) is 2. The molecule has 1 spiro atoms. The maximum absolute atomic E-state index is 8.61. The van der Waals surface area contributed by atoms with Crippen molar-refractivity contribution in [1.29, 1.82) is 0 Å². The van der Waals surface area contributed by atoms with Gasteiger partial charge in [-0.1, -0.05) is 6.42 Å². The van der Waals surface area contributed by atoms with Gasteiger partial charge in [0.1, 0.15) is 0 Å². The SMILES string of the molecule is OCCOCCCNC1C2CCOC2C12CCC2. The van der Waals surface area contributed by atoms with Crippen LogP contribution in [0.15, 0.2) is 0 Å². The van der Waals surface area contributed by atoms with E-state index in [1.807, 2.05) is 0 Å². The molecule has 2 saturated carbocycles. The van der Waals surface area contributed by atoms with Gasteiger partial charge in [-0.25, -0.2) is 0 Å². The van der Waals surface area contributed by atoms with E-state index >= 15 is 0 Å². The average molecular weight is 255 g/mol. The van der Waals surface area contributed by atoms with Crippen LogP contribution in [0.4, 0.5) is 0 Å². The van der Waals surface area contributed by atoms with Crippen molar-refractivity contribution in [3.63, 3.8) is 0 Å². The molecular formula is C14H25NO3. The summed E-state index contributed by atoms with van der Waals surface area (Å²) < 4.78 is 11.2. The second kappa shape index (κ2) is 5.45. The number of hydrogen-bond acceptors (Lipinski definition) is 4. The van der Waals surface area contributed by atoms with Crippen LogP contribution in [0, 0.1) is 11.3 Å². The van der Waals surface area contributed by atoms with E-state index in [1.165, 1.54) is 25.7 Å². The minimum Gasteiger partial charge on any atom is -0.394 e. The first kappa shape index (κ1) is 12.9. The second-order valence-electron chi connectivity index (χ2n) is 5.95. The van der Waals surface area contributed by atoms with Crippen molar-refractivity contribution in [2.24, 2.45) is 11.3 Å². The van der Waals surface area contributed by atoms with Crippen LogP contribution in [0.25, 0.3) is 0 Å². The topological polar surface area (TPSA) is 50.7 Å². The first-order valence-electron chi connectivity index (χ1n) is 7.42. The molecule has 2 N–H and O–H groups in total. The molecule has 4 nitrogen and oxygen atoms in total. The highest BCUT2D eigenvalue weighted by Gasteiger charge is 2.66. The molecule has 0 aromatic carbocycles. The Hall–Kier alpha value is -0.160. The summed E-state index contributed by atoms with van der Waals surface area (Å²) in [6.45, 7) is 3.33. The summed E-state index contributed by atoms with van der Waals surface area (Å²) in [7, 11) is 0. The summed E-state index contributed by atoms with van der Waals surface area (Å²) in [5, 5.41) is 12.4. The summed E-state index contributed by atoms with van der Waals surface area (Å²) in [5.41, 5.74) is 0.493. The molecule has 3 atom stereocenters. The van der Waals surface area contributed by atoms with Gasteiger partial charge in [-0.2, -0.15) is 0 Å². The lowest BCUT2D eigenvalue weighted by Gasteiger charge is -2.63. The Morgan fingerprint density at radius 3 is 2.94 bits per heavy atom. The number of rotatable bonds is 7. The van der Waals surface area contributed by atoms with Gasteiger partial charge in [-0.05, 0) is 32.2 Å². The molecule has 2 aliphatic carbocycles. The summed E-state index contributed by atoms with van der Waals surface area (Å²) >= 11 is 0. The van der Waals surface area contributed by atoms with Gasteiger partial charge in [0.15, 0.2) is 0 Å².